The molecule has 0 radical (unpaired) electrons. The van der Waals surface area contributed by atoms with E-state index in [9.17, 15) is 4.79 Å². The molecule has 0 aliphatic heterocycles. The Kier molecular flexibility index (Phi) is 3.81. The van der Waals surface area contributed by atoms with Crippen molar-refractivity contribution in [2.24, 2.45) is 17.8 Å². The lowest BCUT2D eigenvalue weighted by Gasteiger charge is -2.27. The van der Waals surface area contributed by atoms with Gasteiger partial charge in [-0.25, -0.2) is 0 Å². The van der Waals surface area contributed by atoms with Crippen LogP contribution in [-0.2, 0) is 9.53 Å². The van der Waals surface area contributed by atoms with E-state index in [0.717, 1.165) is 11.8 Å². The van der Waals surface area contributed by atoms with Gasteiger partial charge in [-0.05, 0) is 58.3 Å². The van der Waals surface area contributed by atoms with Gasteiger partial charge in [0, 0.05) is 6.04 Å². The first-order chi connectivity index (χ1) is 8.35. The molecule has 4 unspecified atom stereocenters. The van der Waals surface area contributed by atoms with Crippen molar-refractivity contribution < 1.29 is 9.53 Å². The van der Waals surface area contributed by atoms with Crippen molar-refractivity contribution in [1.82, 2.24) is 5.32 Å². The fourth-order valence-electron chi connectivity index (χ4n) is 3.17. The van der Waals surface area contributed by atoms with Gasteiger partial charge in [-0.2, -0.15) is 0 Å². The lowest BCUT2D eigenvalue weighted by molar-refractivity contribution is -0.153. The summed E-state index contributed by atoms with van der Waals surface area (Å²) in [4.78, 5) is 11.6. The van der Waals surface area contributed by atoms with E-state index in [-0.39, 0.29) is 5.97 Å². The molecule has 2 aliphatic rings. The van der Waals surface area contributed by atoms with Gasteiger partial charge >= 0.3 is 5.97 Å². The molecule has 18 heavy (non-hydrogen) atoms. The van der Waals surface area contributed by atoms with Crippen LogP contribution in [-0.4, -0.2) is 24.2 Å². The van der Waals surface area contributed by atoms with Gasteiger partial charge in [0.2, 0.25) is 0 Å². The number of nitrogens with one attached hydrogen (secondary N) is 1. The zero-order chi connectivity index (χ0) is 13.3. The van der Waals surface area contributed by atoms with Gasteiger partial charge in [0.1, 0.15) is 5.60 Å². The van der Waals surface area contributed by atoms with Crippen molar-refractivity contribution in [3.63, 3.8) is 0 Å². The lowest BCUT2D eigenvalue weighted by Crippen LogP contribution is -2.40. The molecule has 0 saturated heterocycles. The number of esters is 1. The molecule has 0 aromatic heterocycles. The fraction of sp³-hybridized carbons (Fsp3) is 0.800. The number of hydrogen-bond donors (Lipinski definition) is 1. The Hall–Kier alpha value is -0.830. The highest BCUT2D eigenvalue weighted by Crippen LogP contribution is 2.44. The second kappa shape index (κ2) is 5.04. The van der Waals surface area contributed by atoms with Crippen LogP contribution in [0.15, 0.2) is 12.2 Å². The molecule has 2 aliphatic carbocycles. The average molecular weight is 251 g/mol. The third-order valence-corrected chi connectivity index (χ3v) is 3.96. The molecule has 1 fully saturated rings. The van der Waals surface area contributed by atoms with Gasteiger partial charge < -0.3 is 10.1 Å². The van der Waals surface area contributed by atoms with E-state index in [2.05, 4.69) is 24.4 Å². The van der Waals surface area contributed by atoms with Crippen LogP contribution in [0.2, 0.25) is 0 Å². The third kappa shape index (κ3) is 3.35. The van der Waals surface area contributed by atoms with Gasteiger partial charge in [0.25, 0.3) is 0 Å². The Bertz CT molecular complexity index is 343. The van der Waals surface area contributed by atoms with Crippen molar-refractivity contribution in [1.29, 1.82) is 0 Å². The summed E-state index contributed by atoms with van der Waals surface area (Å²) in [6.45, 7) is 8.19. The lowest BCUT2D eigenvalue weighted by atomic mass is 9.87. The first-order valence-electron chi connectivity index (χ1n) is 6.99. The van der Waals surface area contributed by atoms with E-state index in [4.69, 9.17) is 4.74 Å². The molecule has 3 heteroatoms. The van der Waals surface area contributed by atoms with Gasteiger partial charge in [0.05, 0.1) is 6.54 Å². The molecule has 0 spiro atoms. The van der Waals surface area contributed by atoms with Crippen molar-refractivity contribution in [2.75, 3.05) is 6.54 Å². The summed E-state index contributed by atoms with van der Waals surface area (Å²) in [6, 6.07) is 0.387. The van der Waals surface area contributed by atoms with Crippen LogP contribution in [0.5, 0.6) is 0 Å². The maximum Gasteiger partial charge on any atom is 0.320 e. The SMILES string of the molecule is CC(NCC(=O)OC(C)(C)C)C1CC2C=CC1C2. The zero-order valence-corrected chi connectivity index (χ0v) is 11.9. The van der Waals surface area contributed by atoms with Gasteiger partial charge in [-0.1, -0.05) is 12.2 Å². The smallest absolute Gasteiger partial charge is 0.320 e. The van der Waals surface area contributed by atoms with Crippen LogP contribution in [0.25, 0.3) is 0 Å². The Morgan fingerprint density at radius 3 is 2.61 bits per heavy atom. The van der Waals surface area contributed by atoms with E-state index in [0.29, 0.717) is 18.5 Å². The highest BCUT2D eigenvalue weighted by atomic mass is 16.6. The van der Waals surface area contributed by atoms with Gasteiger partial charge in [0.15, 0.2) is 0 Å². The molecule has 102 valence electrons. The Labute approximate surface area is 110 Å². The number of carbonyl (C=O) groups is 1. The molecular formula is C15H25NO2. The molecule has 2 bridgehead atoms. The number of rotatable bonds is 4. The van der Waals surface area contributed by atoms with Crippen molar-refractivity contribution >= 4 is 5.97 Å². The van der Waals surface area contributed by atoms with Crippen molar-refractivity contribution in [3.05, 3.63) is 12.2 Å². The summed E-state index contributed by atoms with van der Waals surface area (Å²) in [7, 11) is 0. The fourth-order valence-corrected chi connectivity index (χ4v) is 3.17. The van der Waals surface area contributed by atoms with E-state index in [1.54, 1.807) is 0 Å². The van der Waals surface area contributed by atoms with E-state index >= 15 is 0 Å². The number of carbonyl (C=O) groups excluding carboxylic acids is 1. The summed E-state index contributed by atoms with van der Waals surface area (Å²) >= 11 is 0. The quantitative estimate of drug-likeness (QED) is 0.616. The number of ether oxygens (including phenoxy) is 1. The highest BCUT2D eigenvalue weighted by molar-refractivity contribution is 5.72. The molecule has 1 N–H and O–H groups in total. The number of fused-ring (bicyclic) bond motifs is 2. The van der Waals surface area contributed by atoms with Crippen molar-refractivity contribution in [3.8, 4) is 0 Å². The molecular weight excluding hydrogens is 226 g/mol. The van der Waals surface area contributed by atoms with Crippen LogP contribution in [0.4, 0.5) is 0 Å². The summed E-state index contributed by atoms with van der Waals surface area (Å²) in [6.07, 6.45) is 7.28. The average Bonchev–Trinajstić information content (AvgIpc) is 2.84. The monoisotopic (exact) mass is 251 g/mol. The second-order valence-electron chi connectivity index (χ2n) is 6.70. The Balaban J connectivity index is 1.74. The van der Waals surface area contributed by atoms with Crippen molar-refractivity contribution in [2.45, 2.75) is 52.2 Å². The van der Waals surface area contributed by atoms with Gasteiger partial charge in [-0.3, -0.25) is 4.79 Å². The van der Waals surface area contributed by atoms with Crippen LogP contribution in [0.1, 0.15) is 40.5 Å². The molecule has 0 aromatic carbocycles. The molecule has 1 saturated carbocycles. The summed E-state index contributed by atoms with van der Waals surface area (Å²) in [5, 5.41) is 3.32. The minimum Gasteiger partial charge on any atom is -0.459 e. The normalized spacial score (nSPS) is 31.7. The van der Waals surface area contributed by atoms with E-state index < -0.39 is 5.60 Å². The first kappa shape index (κ1) is 13.6. The molecule has 4 atom stereocenters. The maximum atomic E-state index is 11.6. The van der Waals surface area contributed by atoms with Crippen LogP contribution in [0, 0.1) is 17.8 Å². The van der Waals surface area contributed by atoms with E-state index in [1.165, 1.54) is 12.8 Å². The number of hydrogen-bond acceptors (Lipinski definition) is 3. The largest absolute Gasteiger partial charge is 0.459 e. The summed E-state index contributed by atoms with van der Waals surface area (Å²) in [5.74, 6) is 2.03. The molecule has 0 amide bonds. The predicted octanol–water partition coefficient (Wildman–Crippen LogP) is 2.52. The highest BCUT2D eigenvalue weighted by Gasteiger charge is 2.38. The standard InChI is InChI=1S/C15H25NO2/c1-10(13-8-11-5-6-12(13)7-11)16-9-14(17)18-15(2,3)4/h5-6,10-13,16H,7-9H2,1-4H3. The number of allylic oxidation sites excluding steroid dienone is 2. The summed E-state index contributed by atoms with van der Waals surface area (Å²) < 4.78 is 5.30. The third-order valence-electron chi connectivity index (χ3n) is 3.96. The molecule has 0 aromatic rings. The first-order valence-corrected chi connectivity index (χ1v) is 6.99. The molecule has 0 heterocycles. The second-order valence-corrected chi connectivity index (χ2v) is 6.70. The molecule has 2 rings (SSSR count). The topological polar surface area (TPSA) is 38.3 Å². The zero-order valence-electron chi connectivity index (χ0n) is 11.9. The minimum absolute atomic E-state index is 0.159. The molecule has 3 nitrogen and oxygen atoms in total. The van der Waals surface area contributed by atoms with Gasteiger partial charge in [-0.15, -0.1) is 0 Å². The van der Waals surface area contributed by atoms with Crippen LogP contribution in [0.3, 0.4) is 0 Å². The van der Waals surface area contributed by atoms with E-state index in [1.807, 2.05) is 20.8 Å². The Morgan fingerprint density at radius 2 is 2.11 bits per heavy atom. The van der Waals surface area contributed by atoms with Crippen LogP contribution < -0.4 is 5.32 Å². The van der Waals surface area contributed by atoms with Crippen LogP contribution >= 0.6 is 0 Å². The Morgan fingerprint density at radius 1 is 1.39 bits per heavy atom. The maximum absolute atomic E-state index is 11.6. The predicted molar refractivity (Wildman–Crippen MR) is 72.2 cm³/mol. The minimum atomic E-state index is -0.392. The summed E-state index contributed by atoms with van der Waals surface area (Å²) in [5.41, 5.74) is -0.392.